The highest BCUT2D eigenvalue weighted by molar-refractivity contribution is 5.60. The van der Waals surface area contributed by atoms with Gasteiger partial charge in [0.2, 0.25) is 0 Å². The Morgan fingerprint density at radius 2 is 2.07 bits per heavy atom. The highest BCUT2D eigenvalue weighted by atomic mass is 15.1. The molecule has 1 heterocycles. The Kier molecular flexibility index (Phi) is 2.46. The van der Waals surface area contributed by atoms with Gasteiger partial charge in [0.15, 0.2) is 0 Å². The molecule has 0 saturated heterocycles. The van der Waals surface area contributed by atoms with Gasteiger partial charge in [-0.05, 0) is 12.1 Å². The first kappa shape index (κ1) is 8.77. The second-order valence-corrected chi connectivity index (χ2v) is 2.96. The van der Waals surface area contributed by atoms with Crippen molar-refractivity contribution in [1.29, 1.82) is 0 Å². The third kappa shape index (κ3) is 1.75. The lowest BCUT2D eigenvalue weighted by atomic mass is 10.3. The lowest BCUT2D eigenvalue weighted by Crippen LogP contribution is -2.00. The highest BCUT2D eigenvalue weighted by Crippen LogP contribution is 2.17. The third-order valence-electron chi connectivity index (χ3n) is 1.98. The van der Waals surface area contributed by atoms with Gasteiger partial charge in [0, 0.05) is 12.2 Å². The second-order valence-electron chi connectivity index (χ2n) is 2.96. The number of nitrogens with one attached hydrogen (secondary N) is 2. The van der Waals surface area contributed by atoms with Crippen LogP contribution in [-0.4, -0.2) is 10.2 Å². The van der Waals surface area contributed by atoms with Crippen LogP contribution in [0.4, 0.5) is 11.4 Å². The monoisotopic (exact) mass is 188 g/mol. The second kappa shape index (κ2) is 3.93. The van der Waals surface area contributed by atoms with Crippen LogP contribution in [0.25, 0.3) is 0 Å². The average Bonchev–Trinajstić information content (AvgIpc) is 2.67. The molecule has 0 aliphatic rings. The summed E-state index contributed by atoms with van der Waals surface area (Å²) >= 11 is 0. The van der Waals surface area contributed by atoms with Crippen molar-refractivity contribution in [2.75, 3.05) is 5.32 Å². The van der Waals surface area contributed by atoms with Crippen LogP contribution in [0.15, 0.2) is 36.5 Å². The van der Waals surface area contributed by atoms with Crippen molar-refractivity contribution in [2.45, 2.75) is 6.54 Å². The Bertz CT molecular complexity index is 394. The molecule has 1 aromatic carbocycles. The van der Waals surface area contributed by atoms with E-state index in [-0.39, 0.29) is 0 Å². The first-order valence-electron chi connectivity index (χ1n) is 4.44. The van der Waals surface area contributed by atoms with Crippen LogP contribution in [0.1, 0.15) is 5.69 Å². The minimum absolute atomic E-state index is 0.454. The molecular weight excluding hydrogens is 176 g/mol. The largest absolute Gasteiger partial charge is 0.353 e. The van der Waals surface area contributed by atoms with Crippen molar-refractivity contribution in [3.63, 3.8) is 0 Å². The van der Waals surface area contributed by atoms with Gasteiger partial charge in [-0.3, -0.25) is 5.10 Å². The number of aromatic amines is 1. The minimum Gasteiger partial charge on any atom is -0.353 e. The van der Waals surface area contributed by atoms with Gasteiger partial charge < -0.3 is 11.1 Å². The molecule has 14 heavy (non-hydrogen) atoms. The van der Waals surface area contributed by atoms with Crippen molar-refractivity contribution in [3.8, 4) is 0 Å². The van der Waals surface area contributed by atoms with Crippen LogP contribution in [0, 0.1) is 0 Å². The fourth-order valence-electron chi connectivity index (χ4n) is 1.25. The van der Waals surface area contributed by atoms with E-state index in [9.17, 15) is 0 Å². The predicted molar refractivity (Wildman–Crippen MR) is 56.2 cm³/mol. The number of H-pyrrole nitrogens is 1. The van der Waals surface area contributed by atoms with Gasteiger partial charge in [0.1, 0.15) is 0 Å². The Labute approximate surface area is 82.1 Å². The molecule has 0 fully saturated rings. The zero-order valence-corrected chi connectivity index (χ0v) is 7.70. The van der Waals surface area contributed by atoms with E-state index in [1.807, 2.05) is 30.3 Å². The van der Waals surface area contributed by atoms with E-state index >= 15 is 0 Å². The molecule has 4 heteroatoms. The van der Waals surface area contributed by atoms with Crippen molar-refractivity contribution in [3.05, 3.63) is 42.2 Å². The van der Waals surface area contributed by atoms with Gasteiger partial charge >= 0.3 is 0 Å². The summed E-state index contributed by atoms with van der Waals surface area (Å²) < 4.78 is 0. The number of hydrogen-bond acceptors (Lipinski definition) is 3. The smallest absolute Gasteiger partial charge is 0.0813 e. The van der Waals surface area contributed by atoms with Crippen LogP contribution < -0.4 is 11.1 Å². The first-order valence-corrected chi connectivity index (χ1v) is 4.44. The summed E-state index contributed by atoms with van der Waals surface area (Å²) in [5.41, 5.74) is 8.41. The average molecular weight is 188 g/mol. The number of hydrogen-bond donors (Lipinski definition) is 3. The summed E-state index contributed by atoms with van der Waals surface area (Å²) in [6.45, 7) is 0.454. The Morgan fingerprint density at radius 1 is 1.29 bits per heavy atom. The number of rotatable bonds is 3. The van der Waals surface area contributed by atoms with E-state index in [2.05, 4.69) is 15.5 Å². The molecular formula is C10H12N4. The maximum absolute atomic E-state index is 5.54. The molecule has 0 spiro atoms. The van der Waals surface area contributed by atoms with Crippen molar-refractivity contribution in [1.82, 2.24) is 10.2 Å². The number of benzene rings is 1. The van der Waals surface area contributed by atoms with Crippen molar-refractivity contribution >= 4 is 11.4 Å². The van der Waals surface area contributed by atoms with Crippen molar-refractivity contribution < 1.29 is 0 Å². The molecule has 0 bridgehead atoms. The molecule has 0 radical (unpaired) electrons. The summed E-state index contributed by atoms with van der Waals surface area (Å²) in [7, 11) is 0. The highest BCUT2D eigenvalue weighted by Gasteiger charge is 2.02. The van der Waals surface area contributed by atoms with Gasteiger partial charge in [0.05, 0.1) is 17.6 Å². The quantitative estimate of drug-likeness (QED) is 0.685. The summed E-state index contributed by atoms with van der Waals surface area (Å²) in [4.78, 5) is 0. The number of nitrogens with two attached hydrogens (primary N) is 1. The van der Waals surface area contributed by atoms with Crippen LogP contribution in [0.5, 0.6) is 0 Å². The topological polar surface area (TPSA) is 66.7 Å². The molecule has 0 aliphatic heterocycles. The number of anilines is 2. The molecule has 0 atom stereocenters. The molecule has 72 valence electrons. The van der Waals surface area contributed by atoms with Crippen LogP contribution in [0.3, 0.4) is 0 Å². The molecule has 0 aliphatic carbocycles. The van der Waals surface area contributed by atoms with E-state index in [1.165, 1.54) is 0 Å². The Balaban J connectivity index is 2.19. The van der Waals surface area contributed by atoms with E-state index in [4.69, 9.17) is 5.73 Å². The van der Waals surface area contributed by atoms with Crippen LogP contribution >= 0.6 is 0 Å². The predicted octanol–water partition coefficient (Wildman–Crippen LogP) is 1.61. The van der Waals surface area contributed by atoms with Crippen LogP contribution in [-0.2, 0) is 6.54 Å². The summed E-state index contributed by atoms with van der Waals surface area (Å²) in [6.07, 6.45) is 1.73. The van der Waals surface area contributed by atoms with E-state index in [0.29, 0.717) is 6.54 Å². The standard InChI is InChI=1S/C10H12N4/c11-6-9-10(7-12-14-9)13-8-4-2-1-3-5-8/h1-5,7,13H,6,11H2,(H,12,14). The normalized spacial score (nSPS) is 10.1. The zero-order valence-electron chi connectivity index (χ0n) is 7.70. The number of nitrogens with zero attached hydrogens (tertiary/aromatic N) is 1. The minimum atomic E-state index is 0.454. The molecule has 2 rings (SSSR count). The Morgan fingerprint density at radius 3 is 2.79 bits per heavy atom. The van der Waals surface area contributed by atoms with E-state index < -0.39 is 0 Å². The lowest BCUT2D eigenvalue weighted by molar-refractivity contribution is 0.948. The molecule has 0 amide bonds. The number of para-hydroxylation sites is 1. The summed E-state index contributed by atoms with van der Waals surface area (Å²) in [5.74, 6) is 0. The molecule has 2 aromatic rings. The zero-order chi connectivity index (χ0) is 9.80. The summed E-state index contributed by atoms with van der Waals surface area (Å²) in [6, 6.07) is 9.92. The van der Waals surface area contributed by atoms with E-state index in [0.717, 1.165) is 17.1 Å². The van der Waals surface area contributed by atoms with Gasteiger partial charge in [-0.15, -0.1) is 0 Å². The fourth-order valence-corrected chi connectivity index (χ4v) is 1.25. The van der Waals surface area contributed by atoms with Gasteiger partial charge in [0.25, 0.3) is 0 Å². The first-order chi connectivity index (χ1) is 6.90. The SMILES string of the molecule is NCc1[nH]ncc1Nc1ccccc1. The van der Waals surface area contributed by atoms with Gasteiger partial charge in [-0.1, -0.05) is 18.2 Å². The molecule has 4 N–H and O–H groups in total. The van der Waals surface area contributed by atoms with Gasteiger partial charge in [-0.2, -0.15) is 5.10 Å². The fraction of sp³-hybridized carbons (Fsp3) is 0.100. The molecule has 0 unspecified atom stereocenters. The van der Waals surface area contributed by atoms with Crippen LogP contribution in [0.2, 0.25) is 0 Å². The Hall–Kier alpha value is -1.81. The van der Waals surface area contributed by atoms with Crippen molar-refractivity contribution in [2.24, 2.45) is 5.73 Å². The molecule has 0 saturated carbocycles. The third-order valence-corrected chi connectivity index (χ3v) is 1.98. The van der Waals surface area contributed by atoms with E-state index in [1.54, 1.807) is 6.20 Å². The maximum atomic E-state index is 5.54. The maximum Gasteiger partial charge on any atom is 0.0813 e. The molecule has 1 aromatic heterocycles. The lowest BCUT2D eigenvalue weighted by Gasteiger charge is -2.04. The molecule has 4 nitrogen and oxygen atoms in total. The number of aromatic nitrogens is 2. The summed E-state index contributed by atoms with van der Waals surface area (Å²) in [5, 5.41) is 9.99. The van der Waals surface area contributed by atoms with Gasteiger partial charge in [-0.25, -0.2) is 0 Å².